The van der Waals surface area contributed by atoms with E-state index < -0.39 is 0 Å². The largest absolute Gasteiger partial charge is 0.350 e. The van der Waals surface area contributed by atoms with Crippen LogP contribution >= 0.6 is 11.6 Å². The lowest BCUT2D eigenvalue weighted by Crippen LogP contribution is -2.43. The number of likely N-dealkylation sites (tertiary alicyclic amines) is 1. The van der Waals surface area contributed by atoms with Crippen molar-refractivity contribution in [1.82, 2.24) is 20.4 Å². The number of carbonyl (C=O) groups excluding carboxylic acids is 2. The number of aromatic amines is 1. The zero-order chi connectivity index (χ0) is 20.2. The summed E-state index contributed by atoms with van der Waals surface area (Å²) in [5, 5.41) is 11.3. The van der Waals surface area contributed by atoms with Gasteiger partial charge in [0.25, 0.3) is 5.91 Å². The van der Waals surface area contributed by atoms with E-state index in [9.17, 15) is 9.59 Å². The topological polar surface area (TPSA) is 78.1 Å². The van der Waals surface area contributed by atoms with Crippen LogP contribution in [0.2, 0.25) is 5.02 Å². The van der Waals surface area contributed by atoms with Crippen LogP contribution in [0.4, 0.5) is 0 Å². The fourth-order valence-corrected chi connectivity index (χ4v) is 4.43. The van der Waals surface area contributed by atoms with Crippen molar-refractivity contribution >= 4 is 23.4 Å². The quantitative estimate of drug-likeness (QED) is 0.751. The van der Waals surface area contributed by atoms with Crippen LogP contribution in [0.25, 0.3) is 0 Å². The van der Waals surface area contributed by atoms with Crippen molar-refractivity contribution in [2.45, 2.75) is 51.5 Å². The number of aromatic nitrogens is 2. The second-order valence-electron chi connectivity index (χ2n) is 7.98. The van der Waals surface area contributed by atoms with Crippen LogP contribution in [0.1, 0.15) is 59.4 Å². The van der Waals surface area contributed by atoms with Gasteiger partial charge in [-0.2, -0.15) is 5.10 Å². The molecule has 0 bridgehead atoms. The molecule has 0 spiro atoms. The van der Waals surface area contributed by atoms with Crippen molar-refractivity contribution in [2.75, 3.05) is 13.1 Å². The molecular formula is C22H27ClN4O2. The van der Waals surface area contributed by atoms with Gasteiger partial charge in [-0.1, -0.05) is 18.0 Å². The predicted octanol–water partition coefficient (Wildman–Crippen LogP) is 3.50. The first-order valence-corrected chi connectivity index (χ1v) is 10.9. The van der Waals surface area contributed by atoms with Crippen molar-refractivity contribution in [3.8, 4) is 0 Å². The van der Waals surface area contributed by atoms with Gasteiger partial charge in [-0.25, -0.2) is 0 Å². The fourth-order valence-electron chi connectivity index (χ4n) is 4.31. The van der Waals surface area contributed by atoms with Crippen LogP contribution in [0.5, 0.6) is 0 Å². The Labute approximate surface area is 176 Å². The van der Waals surface area contributed by atoms with Crippen molar-refractivity contribution in [2.24, 2.45) is 5.92 Å². The van der Waals surface area contributed by atoms with Gasteiger partial charge >= 0.3 is 0 Å². The van der Waals surface area contributed by atoms with Gasteiger partial charge in [-0.3, -0.25) is 14.7 Å². The number of H-pyrrole nitrogens is 1. The summed E-state index contributed by atoms with van der Waals surface area (Å²) in [6.07, 6.45) is 7.11. The normalized spacial score (nSPS) is 17.5. The van der Waals surface area contributed by atoms with Gasteiger partial charge in [-0.15, -0.1) is 0 Å². The van der Waals surface area contributed by atoms with Gasteiger partial charge < -0.3 is 10.2 Å². The third-order valence-corrected chi connectivity index (χ3v) is 6.32. The highest BCUT2D eigenvalue weighted by Gasteiger charge is 2.28. The molecule has 0 saturated carbocycles. The number of amides is 2. The van der Waals surface area contributed by atoms with Gasteiger partial charge in [0.1, 0.15) is 0 Å². The molecule has 7 heteroatoms. The minimum absolute atomic E-state index is 0.000240. The van der Waals surface area contributed by atoms with Gasteiger partial charge in [0.2, 0.25) is 5.91 Å². The molecule has 29 heavy (non-hydrogen) atoms. The third kappa shape index (κ3) is 4.64. The summed E-state index contributed by atoms with van der Waals surface area (Å²) in [6.45, 7) is 1.67. The molecule has 1 aliphatic heterocycles. The molecule has 4 rings (SSSR count). The van der Waals surface area contributed by atoms with Crippen LogP contribution in [0, 0.1) is 5.92 Å². The molecule has 2 aliphatic rings. The zero-order valence-corrected chi connectivity index (χ0v) is 17.3. The van der Waals surface area contributed by atoms with E-state index in [1.54, 1.807) is 24.3 Å². The summed E-state index contributed by atoms with van der Waals surface area (Å²) in [7, 11) is 0. The summed E-state index contributed by atoms with van der Waals surface area (Å²) in [5.74, 6) is 0.00974. The van der Waals surface area contributed by atoms with Gasteiger partial charge in [0, 0.05) is 35.3 Å². The number of aryl methyl sites for hydroxylation is 1. The Morgan fingerprint density at radius 1 is 1.10 bits per heavy atom. The van der Waals surface area contributed by atoms with Crippen molar-refractivity contribution < 1.29 is 9.59 Å². The number of halogens is 1. The molecule has 1 fully saturated rings. The van der Waals surface area contributed by atoms with E-state index in [0.29, 0.717) is 43.1 Å². The molecule has 0 unspecified atom stereocenters. The Bertz CT molecular complexity index is 869. The number of rotatable bonds is 4. The van der Waals surface area contributed by atoms with E-state index >= 15 is 0 Å². The Balaban J connectivity index is 1.28. The van der Waals surface area contributed by atoms with E-state index in [-0.39, 0.29) is 17.7 Å². The number of benzene rings is 1. The average molecular weight is 415 g/mol. The number of hydrogen-bond acceptors (Lipinski definition) is 3. The summed E-state index contributed by atoms with van der Waals surface area (Å²) in [6, 6.07) is 6.95. The van der Waals surface area contributed by atoms with Crippen LogP contribution in [0.15, 0.2) is 24.3 Å². The molecule has 1 aromatic carbocycles. The molecule has 1 saturated heterocycles. The smallest absolute Gasteiger partial charge is 0.253 e. The first-order chi connectivity index (χ1) is 14.1. The second-order valence-corrected chi connectivity index (χ2v) is 8.42. The number of nitrogens with zero attached hydrogens (tertiary/aromatic N) is 2. The lowest BCUT2D eigenvalue weighted by atomic mass is 9.95. The Morgan fingerprint density at radius 2 is 1.83 bits per heavy atom. The lowest BCUT2D eigenvalue weighted by molar-refractivity contribution is -0.126. The first-order valence-electron chi connectivity index (χ1n) is 10.5. The summed E-state index contributed by atoms with van der Waals surface area (Å²) >= 11 is 5.89. The maximum absolute atomic E-state index is 12.6. The second kappa shape index (κ2) is 8.99. The van der Waals surface area contributed by atoms with Crippen LogP contribution in [-0.2, 0) is 24.2 Å². The van der Waals surface area contributed by atoms with Crippen molar-refractivity contribution in [3.63, 3.8) is 0 Å². The van der Waals surface area contributed by atoms with Crippen LogP contribution < -0.4 is 5.32 Å². The highest BCUT2D eigenvalue weighted by molar-refractivity contribution is 6.30. The van der Waals surface area contributed by atoms with Gasteiger partial charge in [0.05, 0.1) is 12.2 Å². The lowest BCUT2D eigenvalue weighted by Gasteiger charge is -2.31. The van der Waals surface area contributed by atoms with Crippen LogP contribution in [0.3, 0.4) is 0 Å². The Morgan fingerprint density at radius 3 is 2.59 bits per heavy atom. The van der Waals surface area contributed by atoms with Crippen LogP contribution in [-0.4, -0.2) is 40.0 Å². The summed E-state index contributed by atoms with van der Waals surface area (Å²) in [4.78, 5) is 27.1. The predicted molar refractivity (Wildman–Crippen MR) is 112 cm³/mol. The molecule has 154 valence electrons. The van der Waals surface area contributed by atoms with E-state index in [2.05, 4.69) is 15.5 Å². The third-order valence-electron chi connectivity index (χ3n) is 6.07. The average Bonchev–Trinajstić information content (AvgIpc) is 2.98. The number of fused-ring (bicyclic) bond motifs is 1. The summed E-state index contributed by atoms with van der Waals surface area (Å²) in [5.41, 5.74) is 4.15. The Hall–Kier alpha value is -2.34. The Kier molecular flexibility index (Phi) is 6.19. The molecule has 1 aromatic heterocycles. The molecule has 2 aromatic rings. The van der Waals surface area contributed by atoms with Crippen molar-refractivity contribution in [3.05, 3.63) is 51.8 Å². The molecular weight excluding hydrogens is 388 g/mol. The minimum Gasteiger partial charge on any atom is -0.350 e. The minimum atomic E-state index is -0.0539. The molecule has 2 amide bonds. The molecule has 6 nitrogen and oxygen atoms in total. The van der Waals surface area contributed by atoms with Gasteiger partial charge in [-0.05, 0) is 68.4 Å². The standard InChI is InChI=1S/C22H27ClN4O2/c23-17-8-6-16(7-9-17)22(29)27-12-10-15(11-13-27)21(28)24-14-20-18-4-2-1-3-5-19(18)25-26-20/h6-9,15H,1-5,10-14H2,(H,24,28)(H,25,26). The first kappa shape index (κ1) is 20.0. The zero-order valence-electron chi connectivity index (χ0n) is 16.5. The number of hydrogen-bond donors (Lipinski definition) is 2. The van der Waals surface area contributed by atoms with E-state index in [1.165, 1.54) is 30.5 Å². The number of piperidine rings is 1. The molecule has 0 atom stereocenters. The highest BCUT2D eigenvalue weighted by atomic mass is 35.5. The number of nitrogens with one attached hydrogen (secondary N) is 2. The van der Waals surface area contributed by atoms with E-state index in [4.69, 9.17) is 11.6 Å². The molecule has 1 aliphatic carbocycles. The van der Waals surface area contributed by atoms with E-state index in [0.717, 1.165) is 18.5 Å². The van der Waals surface area contributed by atoms with Gasteiger partial charge in [0.15, 0.2) is 0 Å². The molecule has 2 N–H and O–H groups in total. The highest BCUT2D eigenvalue weighted by Crippen LogP contribution is 2.23. The monoisotopic (exact) mass is 414 g/mol. The fraction of sp³-hybridized carbons (Fsp3) is 0.500. The number of carbonyl (C=O) groups is 2. The van der Waals surface area contributed by atoms with E-state index in [1.807, 2.05) is 4.90 Å². The maximum atomic E-state index is 12.6. The maximum Gasteiger partial charge on any atom is 0.253 e. The summed E-state index contributed by atoms with van der Waals surface area (Å²) < 4.78 is 0. The molecule has 0 radical (unpaired) electrons. The molecule has 2 heterocycles. The SMILES string of the molecule is O=C(NCc1n[nH]c2c1CCCCC2)C1CCN(C(=O)c2ccc(Cl)cc2)CC1. The van der Waals surface area contributed by atoms with Crippen molar-refractivity contribution in [1.29, 1.82) is 0 Å².